The summed E-state index contributed by atoms with van der Waals surface area (Å²) >= 11 is 9.24. The molecule has 2 aromatic rings. The Hall–Kier alpha value is -1.70. The van der Waals surface area contributed by atoms with Gasteiger partial charge >= 0.3 is 0 Å². The third-order valence-electron chi connectivity index (χ3n) is 2.38. The molecule has 0 fully saturated rings. The summed E-state index contributed by atoms with van der Waals surface area (Å²) in [4.78, 5) is 0. The summed E-state index contributed by atoms with van der Waals surface area (Å²) in [6.07, 6.45) is 0. The van der Waals surface area contributed by atoms with Crippen LogP contribution in [-0.2, 0) is 0 Å². The Bertz CT molecular complexity index is 635. The van der Waals surface area contributed by atoms with Gasteiger partial charge < -0.3 is 11.1 Å². The van der Waals surface area contributed by atoms with E-state index in [4.69, 9.17) is 22.6 Å². The summed E-state index contributed by atoms with van der Waals surface area (Å²) in [5.74, 6) is 0. The lowest BCUT2D eigenvalue weighted by atomic mass is 10.2. The maximum absolute atomic E-state index is 8.79. The molecular weight excluding hydrogens is 314 g/mol. The molecule has 0 unspecified atom stereocenters. The molecule has 0 amide bonds. The van der Waals surface area contributed by atoms with Crippen LogP contribution in [0.5, 0.6) is 0 Å². The van der Waals surface area contributed by atoms with Gasteiger partial charge in [-0.3, -0.25) is 0 Å². The predicted molar refractivity (Wildman–Crippen MR) is 78.0 cm³/mol. The van der Waals surface area contributed by atoms with Crippen molar-refractivity contribution in [3.8, 4) is 6.07 Å². The van der Waals surface area contributed by atoms with E-state index in [1.165, 1.54) is 0 Å². The molecule has 0 radical (unpaired) electrons. The van der Waals surface area contributed by atoms with Crippen LogP contribution in [0, 0.1) is 11.3 Å². The number of nitrogen functional groups attached to an aromatic ring is 1. The predicted octanol–water partition coefficient (Wildman–Crippen LogP) is 4.30. The van der Waals surface area contributed by atoms with Crippen LogP contribution < -0.4 is 11.1 Å². The van der Waals surface area contributed by atoms with E-state index in [0.717, 1.165) is 15.8 Å². The molecular formula is C13H9BrClN3. The second-order valence-electron chi connectivity index (χ2n) is 3.66. The number of benzene rings is 2. The number of nitrogens with zero attached hydrogens (tertiary/aromatic N) is 1. The summed E-state index contributed by atoms with van der Waals surface area (Å²) in [5, 5.41) is 12.6. The number of rotatable bonds is 2. The zero-order chi connectivity index (χ0) is 13.1. The first-order valence-corrected chi connectivity index (χ1v) is 6.29. The normalized spacial score (nSPS) is 9.83. The minimum atomic E-state index is 0.568. The highest BCUT2D eigenvalue weighted by Crippen LogP contribution is 2.30. The van der Waals surface area contributed by atoms with E-state index in [1.807, 2.05) is 12.1 Å². The van der Waals surface area contributed by atoms with Crippen molar-refractivity contribution < 1.29 is 0 Å². The van der Waals surface area contributed by atoms with Gasteiger partial charge in [-0.2, -0.15) is 5.26 Å². The molecule has 0 aliphatic carbocycles. The van der Waals surface area contributed by atoms with Crippen molar-refractivity contribution in [1.29, 1.82) is 5.26 Å². The van der Waals surface area contributed by atoms with Crippen molar-refractivity contribution in [3.05, 3.63) is 51.5 Å². The third-order valence-corrected chi connectivity index (χ3v) is 3.27. The minimum absolute atomic E-state index is 0.568. The Morgan fingerprint density at radius 2 is 1.89 bits per heavy atom. The number of nitrogens with two attached hydrogens (primary N) is 1. The highest BCUT2D eigenvalue weighted by atomic mass is 79.9. The number of nitriles is 1. The number of anilines is 3. The lowest BCUT2D eigenvalue weighted by Gasteiger charge is -2.11. The minimum Gasteiger partial charge on any atom is -0.397 e. The summed E-state index contributed by atoms with van der Waals surface area (Å²) < 4.78 is 0.802. The van der Waals surface area contributed by atoms with Crippen molar-refractivity contribution in [1.82, 2.24) is 0 Å². The maximum Gasteiger partial charge on any atom is 0.0992 e. The van der Waals surface area contributed by atoms with Crippen molar-refractivity contribution in [2.75, 3.05) is 11.1 Å². The number of hydrogen-bond donors (Lipinski definition) is 2. The zero-order valence-electron chi connectivity index (χ0n) is 9.24. The molecule has 0 atom stereocenters. The topological polar surface area (TPSA) is 61.8 Å². The van der Waals surface area contributed by atoms with Gasteiger partial charge in [0.25, 0.3) is 0 Å². The monoisotopic (exact) mass is 321 g/mol. The van der Waals surface area contributed by atoms with Gasteiger partial charge in [-0.1, -0.05) is 11.6 Å². The molecule has 0 aliphatic heterocycles. The molecule has 2 rings (SSSR count). The molecule has 0 aromatic heterocycles. The Kier molecular flexibility index (Phi) is 3.75. The smallest absolute Gasteiger partial charge is 0.0992 e. The fourth-order valence-corrected chi connectivity index (χ4v) is 2.14. The molecule has 0 saturated heterocycles. The van der Waals surface area contributed by atoms with Crippen LogP contribution in [-0.4, -0.2) is 0 Å². The number of halogens is 2. The Labute approximate surface area is 118 Å². The molecule has 90 valence electrons. The Morgan fingerprint density at radius 3 is 2.50 bits per heavy atom. The van der Waals surface area contributed by atoms with Crippen molar-refractivity contribution >= 4 is 44.6 Å². The van der Waals surface area contributed by atoms with Gasteiger partial charge in [0, 0.05) is 9.50 Å². The average Bonchev–Trinajstić information content (AvgIpc) is 2.34. The summed E-state index contributed by atoms with van der Waals surface area (Å²) in [5.41, 5.74) is 8.63. The molecule has 0 bridgehead atoms. The highest BCUT2D eigenvalue weighted by molar-refractivity contribution is 9.10. The number of hydrogen-bond acceptors (Lipinski definition) is 3. The van der Waals surface area contributed by atoms with Crippen LogP contribution in [0.1, 0.15) is 5.56 Å². The fourth-order valence-electron chi connectivity index (χ4n) is 1.48. The lowest BCUT2D eigenvalue weighted by Crippen LogP contribution is -1.97. The van der Waals surface area contributed by atoms with Crippen molar-refractivity contribution in [2.24, 2.45) is 0 Å². The molecule has 18 heavy (non-hydrogen) atoms. The van der Waals surface area contributed by atoms with Gasteiger partial charge in [0.05, 0.1) is 28.7 Å². The Morgan fingerprint density at radius 1 is 1.17 bits per heavy atom. The van der Waals surface area contributed by atoms with Crippen molar-refractivity contribution in [3.63, 3.8) is 0 Å². The maximum atomic E-state index is 8.79. The SMILES string of the molecule is N#Cc1ccc(Nc2ccc(Cl)cc2N)c(Br)c1. The molecule has 0 saturated carbocycles. The quantitative estimate of drug-likeness (QED) is 0.810. The molecule has 3 nitrogen and oxygen atoms in total. The molecule has 0 heterocycles. The summed E-state index contributed by atoms with van der Waals surface area (Å²) in [7, 11) is 0. The van der Waals surface area contributed by atoms with Gasteiger partial charge in [0.1, 0.15) is 0 Å². The highest BCUT2D eigenvalue weighted by Gasteiger charge is 2.04. The van der Waals surface area contributed by atoms with E-state index in [2.05, 4.69) is 27.3 Å². The largest absolute Gasteiger partial charge is 0.397 e. The second kappa shape index (κ2) is 5.30. The molecule has 0 aliphatic rings. The molecule has 2 aromatic carbocycles. The van der Waals surface area contributed by atoms with Crippen LogP contribution in [0.4, 0.5) is 17.1 Å². The first-order chi connectivity index (χ1) is 8.60. The molecule has 0 spiro atoms. The van der Waals surface area contributed by atoms with Gasteiger partial charge in [-0.15, -0.1) is 0 Å². The molecule has 3 N–H and O–H groups in total. The van der Waals surface area contributed by atoms with Crippen LogP contribution in [0.2, 0.25) is 5.02 Å². The van der Waals surface area contributed by atoms with Crippen LogP contribution in [0.25, 0.3) is 0 Å². The van der Waals surface area contributed by atoms with E-state index < -0.39 is 0 Å². The van der Waals surface area contributed by atoms with Gasteiger partial charge in [0.2, 0.25) is 0 Å². The third kappa shape index (κ3) is 2.76. The second-order valence-corrected chi connectivity index (χ2v) is 4.95. The van der Waals surface area contributed by atoms with Gasteiger partial charge in [-0.05, 0) is 52.3 Å². The Balaban J connectivity index is 2.32. The first kappa shape index (κ1) is 12.7. The van der Waals surface area contributed by atoms with E-state index in [9.17, 15) is 0 Å². The summed E-state index contributed by atoms with van der Waals surface area (Å²) in [6.45, 7) is 0. The van der Waals surface area contributed by atoms with Crippen LogP contribution >= 0.6 is 27.5 Å². The first-order valence-electron chi connectivity index (χ1n) is 5.12. The van der Waals surface area contributed by atoms with E-state index in [-0.39, 0.29) is 0 Å². The van der Waals surface area contributed by atoms with Crippen LogP contribution in [0.15, 0.2) is 40.9 Å². The van der Waals surface area contributed by atoms with Crippen molar-refractivity contribution in [2.45, 2.75) is 0 Å². The molecule has 5 heteroatoms. The van der Waals surface area contributed by atoms with E-state index in [0.29, 0.717) is 16.3 Å². The van der Waals surface area contributed by atoms with Crippen LogP contribution in [0.3, 0.4) is 0 Å². The lowest BCUT2D eigenvalue weighted by molar-refractivity contribution is 1.46. The summed E-state index contributed by atoms with van der Waals surface area (Å²) in [6, 6.07) is 12.6. The average molecular weight is 323 g/mol. The van der Waals surface area contributed by atoms with Gasteiger partial charge in [-0.25, -0.2) is 0 Å². The fraction of sp³-hybridized carbons (Fsp3) is 0. The van der Waals surface area contributed by atoms with Gasteiger partial charge in [0.15, 0.2) is 0 Å². The van der Waals surface area contributed by atoms with E-state index >= 15 is 0 Å². The standard InChI is InChI=1S/C13H9BrClN3/c14-10-5-8(7-16)1-3-12(10)18-13-4-2-9(15)6-11(13)17/h1-6,18H,17H2. The van der Waals surface area contributed by atoms with E-state index in [1.54, 1.807) is 24.3 Å². The zero-order valence-corrected chi connectivity index (χ0v) is 11.6. The number of nitrogens with one attached hydrogen (secondary N) is 1.